The summed E-state index contributed by atoms with van der Waals surface area (Å²) in [6.07, 6.45) is 1.03. The molecule has 0 amide bonds. The first-order valence-corrected chi connectivity index (χ1v) is 6.63. The molecule has 3 heteroatoms. The number of rotatable bonds is 2. The fourth-order valence-electron chi connectivity index (χ4n) is 2.75. The zero-order chi connectivity index (χ0) is 13.5. The van der Waals surface area contributed by atoms with E-state index in [1.807, 2.05) is 30.3 Å². The number of benzene rings is 2. The van der Waals surface area contributed by atoms with Crippen LogP contribution < -0.4 is 5.73 Å². The molecule has 0 aliphatic heterocycles. The van der Waals surface area contributed by atoms with Crippen molar-refractivity contribution in [3.05, 3.63) is 59.7 Å². The van der Waals surface area contributed by atoms with Gasteiger partial charge in [0, 0.05) is 0 Å². The first-order chi connectivity index (χ1) is 9.10. The predicted octanol–water partition coefficient (Wildman–Crippen LogP) is 2.92. The van der Waals surface area contributed by atoms with Crippen LogP contribution in [0, 0.1) is 0 Å². The highest BCUT2D eigenvalue weighted by molar-refractivity contribution is 6.65. The number of carbonyl (C=O) groups excluding carboxylic acids is 1. The van der Waals surface area contributed by atoms with Crippen molar-refractivity contribution in [2.75, 3.05) is 0 Å². The van der Waals surface area contributed by atoms with Gasteiger partial charge in [-0.3, -0.25) is 4.79 Å². The minimum atomic E-state index is -0.950. The van der Waals surface area contributed by atoms with E-state index in [9.17, 15) is 4.79 Å². The Hall–Kier alpha value is -1.64. The molecular formula is C16H14ClNO. The molecule has 0 fully saturated rings. The SMILES string of the molecule is NC1(C(=O)Cl)Cc2cccc(-c3ccccc3)c2C1. The Morgan fingerprint density at radius 3 is 2.47 bits per heavy atom. The van der Waals surface area contributed by atoms with Crippen LogP contribution in [0.25, 0.3) is 11.1 Å². The van der Waals surface area contributed by atoms with Crippen LogP contribution in [-0.4, -0.2) is 10.8 Å². The van der Waals surface area contributed by atoms with E-state index in [1.54, 1.807) is 0 Å². The van der Waals surface area contributed by atoms with Crippen LogP contribution in [0.5, 0.6) is 0 Å². The van der Waals surface area contributed by atoms with Crippen LogP contribution in [0.3, 0.4) is 0 Å². The summed E-state index contributed by atoms with van der Waals surface area (Å²) < 4.78 is 0. The molecule has 19 heavy (non-hydrogen) atoms. The van der Waals surface area contributed by atoms with Gasteiger partial charge in [-0.15, -0.1) is 0 Å². The molecule has 2 aromatic carbocycles. The van der Waals surface area contributed by atoms with Crippen LogP contribution in [0.15, 0.2) is 48.5 Å². The van der Waals surface area contributed by atoms with E-state index in [2.05, 4.69) is 18.2 Å². The van der Waals surface area contributed by atoms with Crippen molar-refractivity contribution in [1.82, 2.24) is 0 Å². The van der Waals surface area contributed by atoms with E-state index < -0.39 is 10.8 Å². The topological polar surface area (TPSA) is 43.1 Å². The van der Waals surface area contributed by atoms with Gasteiger partial charge in [-0.05, 0) is 46.7 Å². The van der Waals surface area contributed by atoms with Gasteiger partial charge in [-0.1, -0.05) is 48.5 Å². The normalized spacial score (nSPS) is 21.2. The van der Waals surface area contributed by atoms with Crippen LogP contribution in [0.1, 0.15) is 11.1 Å². The molecule has 1 unspecified atom stereocenters. The smallest absolute Gasteiger partial charge is 0.242 e. The molecule has 0 spiro atoms. The number of nitrogens with two attached hydrogens (primary N) is 1. The highest BCUT2D eigenvalue weighted by atomic mass is 35.5. The third-order valence-corrected chi connectivity index (χ3v) is 4.12. The van der Waals surface area contributed by atoms with Crippen molar-refractivity contribution in [2.24, 2.45) is 5.73 Å². The van der Waals surface area contributed by atoms with Gasteiger partial charge in [0.15, 0.2) is 0 Å². The molecule has 1 atom stereocenters. The molecule has 0 radical (unpaired) electrons. The Bertz CT molecular complexity index is 638. The Labute approximate surface area is 117 Å². The molecule has 0 saturated carbocycles. The summed E-state index contributed by atoms with van der Waals surface area (Å²) in [7, 11) is 0. The molecule has 0 aromatic heterocycles. The van der Waals surface area contributed by atoms with Gasteiger partial charge in [0.25, 0.3) is 0 Å². The molecule has 2 nitrogen and oxygen atoms in total. The Balaban J connectivity index is 2.10. The highest BCUT2D eigenvalue weighted by Gasteiger charge is 2.40. The Morgan fingerprint density at radius 2 is 1.79 bits per heavy atom. The van der Waals surface area contributed by atoms with Crippen molar-refractivity contribution in [3.8, 4) is 11.1 Å². The average molecular weight is 272 g/mol. The maximum absolute atomic E-state index is 11.5. The van der Waals surface area contributed by atoms with Crippen molar-refractivity contribution < 1.29 is 4.79 Å². The number of fused-ring (bicyclic) bond motifs is 1. The number of halogens is 1. The van der Waals surface area contributed by atoms with E-state index >= 15 is 0 Å². The van der Waals surface area contributed by atoms with Crippen LogP contribution >= 0.6 is 11.6 Å². The molecule has 3 rings (SSSR count). The summed E-state index contributed by atoms with van der Waals surface area (Å²) in [6.45, 7) is 0. The monoisotopic (exact) mass is 271 g/mol. The molecule has 0 saturated heterocycles. The largest absolute Gasteiger partial charge is 0.317 e. The summed E-state index contributed by atoms with van der Waals surface area (Å²) in [5.74, 6) is 0. The van der Waals surface area contributed by atoms with Crippen LogP contribution in [0.2, 0.25) is 0 Å². The van der Waals surface area contributed by atoms with Gasteiger partial charge < -0.3 is 5.73 Å². The molecule has 1 aliphatic rings. The predicted molar refractivity (Wildman–Crippen MR) is 77.1 cm³/mol. The number of hydrogen-bond donors (Lipinski definition) is 1. The lowest BCUT2D eigenvalue weighted by atomic mass is 9.95. The van der Waals surface area contributed by atoms with Gasteiger partial charge in [0.2, 0.25) is 5.24 Å². The second-order valence-electron chi connectivity index (χ2n) is 5.09. The van der Waals surface area contributed by atoms with Crippen LogP contribution in [-0.2, 0) is 17.6 Å². The standard InChI is InChI=1S/C16H14ClNO/c17-15(19)16(18)9-12-7-4-8-13(14(12)10-16)11-5-2-1-3-6-11/h1-8H,9-10,18H2. The molecular weight excluding hydrogens is 258 g/mol. The fraction of sp³-hybridized carbons (Fsp3) is 0.188. The van der Waals surface area contributed by atoms with Gasteiger partial charge in [-0.2, -0.15) is 0 Å². The van der Waals surface area contributed by atoms with E-state index in [0.29, 0.717) is 12.8 Å². The first kappa shape index (κ1) is 12.4. The Morgan fingerprint density at radius 1 is 1.05 bits per heavy atom. The fourth-order valence-corrected chi connectivity index (χ4v) is 2.89. The zero-order valence-corrected chi connectivity index (χ0v) is 11.2. The van der Waals surface area contributed by atoms with Crippen LogP contribution in [0.4, 0.5) is 0 Å². The first-order valence-electron chi connectivity index (χ1n) is 6.25. The third-order valence-electron chi connectivity index (χ3n) is 3.75. The lowest BCUT2D eigenvalue weighted by Gasteiger charge is -2.17. The van der Waals surface area contributed by atoms with E-state index in [0.717, 1.165) is 22.3 Å². The molecule has 0 heterocycles. The molecule has 1 aliphatic carbocycles. The van der Waals surface area contributed by atoms with E-state index in [-0.39, 0.29) is 0 Å². The molecule has 2 N–H and O–H groups in total. The number of carbonyl (C=O) groups is 1. The maximum Gasteiger partial charge on any atom is 0.242 e. The minimum Gasteiger partial charge on any atom is -0.317 e. The summed E-state index contributed by atoms with van der Waals surface area (Å²) in [4.78, 5) is 11.5. The molecule has 96 valence electrons. The second-order valence-corrected chi connectivity index (χ2v) is 5.44. The maximum atomic E-state index is 11.5. The lowest BCUT2D eigenvalue weighted by molar-refractivity contribution is -0.116. The quantitative estimate of drug-likeness (QED) is 0.854. The van der Waals surface area contributed by atoms with Crippen molar-refractivity contribution >= 4 is 16.8 Å². The van der Waals surface area contributed by atoms with E-state index in [4.69, 9.17) is 17.3 Å². The van der Waals surface area contributed by atoms with Gasteiger partial charge >= 0.3 is 0 Å². The van der Waals surface area contributed by atoms with Crippen molar-refractivity contribution in [3.63, 3.8) is 0 Å². The summed E-state index contributed by atoms with van der Waals surface area (Å²) in [5, 5.41) is -0.456. The summed E-state index contributed by atoms with van der Waals surface area (Å²) in [5.41, 5.74) is 9.72. The average Bonchev–Trinajstić information content (AvgIpc) is 2.77. The molecule has 2 aromatic rings. The Kier molecular flexibility index (Phi) is 2.92. The highest BCUT2D eigenvalue weighted by Crippen LogP contribution is 2.36. The van der Waals surface area contributed by atoms with Gasteiger partial charge in [0.1, 0.15) is 0 Å². The van der Waals surface area contributed by atoms with Gasteiger partial charge in [0.05, 0.1) is 5.54 Å². The number of hydrogen-bond acceptors (Lipinski definition) is 2. The van der Waals surface area contributed by atoms with E-state index in [1.165, 1.54) is 0 Å². The summed E-state index contributed by atoms with van der Waals surface area (Å²) >= 11 is 5.65. The second kappa shape index (κ2) is 4.48. The molecule has 0 bridgehead atoms. The minimum absolute atomic E-state index is 0.456. The van der Waals surface area contributed by atoms with Crippen molar-refractivity contribution in [1.29, 1.82) is 0 Å². The van der Waals surface area contributed by atoms with Crippen molar-refractivity contribution in [2.45, 2.75) is 18.4 Å². The van der Waals surface area contributed by atoms with Gasteiger partial charge in [-0.25, -0.2) is 0 Å². The summed E-state index contributed by atoms with van der Waals surface area (Å²) in [6, 6.07) is 16.2. The lowest BCUT2D eigenvalue weighted by Crippen LogP contribution is -2.46. The third kappa shape index (κ3) is 2.07. The zero-order valence-electron chi connectivity index (χ0n) is 10.4.